The van der Waals surface area contributed by atoms with Gasteiger partial charge in [0.2, 0.25) is 0 Å². The molecule has 2 aromatic rings. The summed E-state index contributed by atoms with van der Waals surface area (Å²) >= 11 is 0. The van der Waals surface area contributed by atoms with Crippen LogP contribution < -0.4 is 10.9 Å². The van der Waals surface area contributed by atoms with Gasteiger partial charge < -0.3 is 18.6 Å². The highest BCUT2D eigenvalue weighted by Crippen LogP contribution is 2.57. The summed E-state index contributed by atoms with van der Waals surface area (Å²) < 4.78 is 26.6. The van der Waals surface area contributed by atoms with Crippen LogP contribution in [-0.2, 0) is 25.0 Å². The van der Waals surface area contributed by atoms with E-state index < -0.39 is 0 Å². The summed E-state index contributed by atoms with van der Waals surface area (Å²) in [4.78, 5) is 0. The lowest BCUT2D eigenvalue weighted by molar-refractivity contribution is 0.00578. The van der Waals surface area contributed by atoms with Crippen molar-refractivity contribution in [3.63, 3.8) is 0 Å². The molecule has 4 bridgehead atoms. The Kier molecular flexibility index (Phi) is 5.98. The van der Waals surface area contributed by atoms with E-state index in [1.165, 1.54) is 72.6 Å². The van der Waals surface area contributed by atoms with Crippen molar-refractivity contribution < 1.29 is 18.6 Å². The van der Waals surface area contributed by atoms with Crippen molar-refractivity contribution in [3.8, 4) is 11.1 Å². The minimum absolute atomic E-state index is 0.295. The van der Waals surface area contributed by atoms with Crippen molar-refractivity contribution in [3.05, 3.63) is 46.5 Å². The Morgan fingerprint density at radius 1 is 0.548 bits per heavy atom. The van der Waals surface area contributed by atoms with Crippen LogP contribution >= 0.6 is 0 Å². The maximum absolute atomic E-state index is 6.65. The summed E-state index contributed by atoms with van der Waals surface area (Å²) in [6.45, 7) is 17.3. The van der Waals surface area contributed by atoms with Crippen LogP contribution in [0.1, 0.15) is 140 Å². The van der Waals surface area contributed by atoms with Gasteiger partial charge >= 0.3 is 14.2 Å². The predicted octanol–water partition coefficient (Wildman–Crippen LogP) is 7.15. The Morgan fingerprint density at radius 3 is 1.67 bits per heavy atom. The summed E-state index contributed by atoms with van der Waals surface area (Å²) in [6, 6.07) is 9.58. The molecule has 0 amide bonds. The molecule has 2 aromatic carbocycles. The van der Waals surface area contributed by atoms with Crippen molar-refractivity contribution in [2.75, 3.05) is 0 Å². The number of fused-ring (bicyclic) bond motifs is 9. The second kappa shape index (κ2) is 8.99. The molecule has 222 valence electrons. The molecule has 4 aliphatic carbocycles. The molecule has 0 spiro atoms. The summed E-state index contributed by atoms with van der Waals surface area (Å²) in [5.41, 5.74) is 10.4. The van der Waals surface area contributed by atoms with Crippen molar-refractivity contribution in [1.29, 1.82) is 0 Å². The molecule has 2 aliphatic heterocycles. The first-order valence-electron chi connectivity index (χ1n) is 16.8. The van der Waals surface area contributed by atoms with Crippen LogP contribution in [0.2, 0.25) is 0 Å². The van der Waals surface area contributed by atoms with Crippen LogP contribution in [0, 0.1) is 5.92 Å². The van der Waals surface area contributed by atoms with E-state index in [4.69, 9.17) is 18.6 Å². The number of benzene rings is 2. The molecule has 2 saturated heterocycles. The van der Waals surface area contributed by atoms with Crippen molar-refractivity contribution >= 4 is 25.2 Å². The third kappa shape index (κ3) is 3.90. The van der Waals surface area contributed by atoms with Gasteiger partial charge in [-0.05, 0) is 162 Å². The lowest BCUT2D eigenvalue weighted by Crippen LogP contribution is -2.41. The van der Waals surface area contributed by atoms with Crippen LogP contribution in [0.25, 0.3) is 11.1 Å². The minimum atomic E-state index is -0.336. The van der Waals surface area contributed by atoms with Crippen molar-refractivity contribution in [1.82, 2.24) is 0 Å². The van der Waals surface area contributed by atoms with Gasteiger partial charge in [0.05, 0.1) is 22.4 Å². The monoisotopic (exact) mass is 566 g/mol. The fourth-order valence-electron chi connectivity index (χ4n) is 9.29. The second-order valence-corrected chi connectivity index (χ2v) is 16.4. The zero-order valence-corrected chi connectivity index (χ0v) is 27.1. The lowest BCUT2D eigenvalue weighted by atomic mass is 9.61. The first-order valence-corrected chi connectivity index (χ1v) is 16.8. The maximum atomic E-state index is 6.65. The molecule has 42 heavy (non-hydrogen) atoms. The minimum Gasteiger partial charge on any atom is -0.399 e. The molecule has 8 rings (SSSR count). The van der Waals surface area contributed by atoms with Gasteiger partial charge in [0.1, 0.15) is 0 Å². The molecule has 4 fully saturated rings. The van der Waals surface area contributed by atoms with Crippen LogP contribution in [0.4, 0.5) is 0 Å². The topological polar surface area (TPSA) is 36.9 Å². The zero-order chi connectivity index (χ0) is 29.4. The van der Waals surface area contributed by atoms with Gasteiger partial charge in [-0.3, -0.25) is 0 Å². The van der Waals surface area contributed by atoms with Crippen molar-refractivity contribution in [2.24, 2.45) is 5.92 Å². The number of hydrogen-bond acceptors (Lipinski definition) is 4. The highest BCUT2D eigenvalue weighted by atomic mass is 16.7. The Hall–Kier alpha value is -1.59. The van der Waals surface area contributed by atoms with E-state index in [1.807, 2.05) is 0 Å². The summed E-state index contributed by atoms with van der Waals surface area (Å²) in [5, 5.41) is 0. The molecular weight excluding hydrogens is 518 g/mol. The number of hydrogen-bond donors (Lipinski definition) is 0. The first kappa shape index (κ1) is 27.9. The zero-order valence-electron chi connectivity index (χ0n) is 27.1. The Labute approximate surface area is 253 Å². The maximum Gasteiger partial charge on any atom is 0.495 e. The van der Waals surface area contributed by atoms with E-state index in [0.717, 1.165) is 12.3 Å². The lowest BCUT2D eigenvalue weighted by Gasteiger charge is -2.39. The normalized spacial score (nSPS) is 32.8. The standard InChI is InChI=1S/C36H48B2O4/c1-33(2)34(3,4)40-37(39-33)28-16-14-25(30-22-11-9-10-21(18-22)19-27(28)30)26-15-17-29(32-24-13-12-23(20-24)31(26)32)38-41-35(5,6)36(7,8)42-38/h14-17,21-24H,9-13,18-20H2,1-8H3/t21?,22?,23?,24-/m1/s1. The summed E-state index contributed by atoms with van der Waals surface area (Å²) in [7, 11) is -0.597. The average Bonchev–Trinajstić information content (AvgIpc) is 3.63. The van der Waals surface area contributed by atoms with Crippen LogP contribution in [0.5, 0.6) is 0 Å². The smallest absolute Gasteiger partial charge is 0.399 e. The molecule has 0 radical (unpaired) electrons. The molecule has 0 N–H and O–H groups in total. The predicted molar refractivity (Wildman–Crippen MR) is 171 cm³/mol. The van der Waals surface area contributed by atoms with E-state index in [9.17, 15) is 0 Å². The van der Waals surface area contributed by atoms with E-state index in [2.05, 4.69) is 79.7 Å². The third-order valence-electron chi connectivity index (χ3n) is 13.0. The summed E-state index contributed by atoms with van der Waals surface area (Å²) in [5.74, 6) is 2.67. The molecule has 6 heteroatoms. The van der Waals surface area contributed by atoms with Gasteiger partial charge in [0, 0.05) is 0 Å². The Balaban J connectivity index is 1.27. The van der Waals surface area contributed by atoms with Gasteiger partial charge in [0.15, 0.2) is 0 Å². The number of rotatable bonds is 3. The highest BCUT2D eigenvalue weighted by molar-refractivity contribution is 6.63. The molecule has 4 atom stereocenters. The summed E-state index contributed by atoms with van der Waals surface area (Å²) in [6.07, 6.45) is 10.3. The van der Waals surface area contributed by atoms with Crippen molar-refractivity contribution in [2.45, 2.75) is 147 Å². The molecule has 4 nitrogen and oxygen atoms in total. The van der Waals surface area contributed by atoms with Gasteiger partial charge in [-0.1, -0.05) is 37.1 Å². The Bertz CT molecular complexity index is 1430. The van der Waals surface area contributed by atoms with E-state index >= 15 is 0 Å². The molecule has 0 aromatic heterocycles. The SMILES string of the molecule is CC1(C)OB(c2ccc(-c3ccc(B4OC(C)(C)C(C)(C)O4)c4c3C3CC[C@@H]4C3)c3c2CC2CCCC3C2)OC1(C)C. The molecule has 3 unspecified atom stereocenters. The highest BCUT2D eigenvalue weighted by Gasteiger charge is 2.55. The third-order valence-corrected chi connectivity index (χ3v) is 13.0. The second-order valence-electron chi connectivity index (χ2n) is 16.4. The fraction of sp³-hybridized carbons (Fsp3) is 0.667. The van der Waals surface area contributed by atoms with Gasteiger partial charge in [-0.2, -0.15) is 0 Å². The van der Waals surface area contributed by atoms with Gasteiger partial charge in [-0.15, -0.1) is 0 Å². The van der Waals surface area contributed by atoms with Gasteiger partial charge in [-0.25, -0.2) is 0 Å². The molecule has 2 heterocycles. The molecular formula is C36H48B2O4. The van der Waals surface area contributed by atoms with Crippen LogP contribution in [0.3, 0.4) is 0 Å². The molecule has 6 aliphatic rings. The average molecular weight is 566 g/mol. The van der Waals surface area contributed by atoms with E-state index in [0.29, 0.717) is 17.8 Å². The molecule has 2 saturated carbocycles. The quantitative estimate of drug-likeness (QED) is 0.370. The first-order chi connectivity index (χ1) is 19.8. The van der Waals surface area contributed by atoms with E-state index in [1.54, 1.807) is 16.7 Å². The largest absolute Gasteiger partial charge is 0.495 e. The van der Waals surface area contributed by atoms with Gasteiger partial charge in [0.25, 0.3) is 0 Å². The van der Waals surface area contributed by atoms with Crippen LogP contribution in [-0.4, -0.2) is 36.6 Å². The Morgan fingerprint density at radius 2 is 1.05 bits per heavy atom. The fourth-order valence-corrected chi connectivity index (χ4v) is 9.29. The van der Waals surface area contributed by atoms with E-state index in [-0.39, 0.29) is 36.6 Å². The van der Waals surface area contributed by atoms with Crippen LogP contribution in [0.15, 0.2) is 24.3 Å².